The summed E-state index contributed by atoms with van der Waals surface area (Å²) in [6.45, 7) is 4.57. The zero-order valence-corrected chi connectivity index (χ0v) is 15.7. The van der Waals surface area contributed by atoms with Crippen molar-refractivity contribution in [2.24, 2.45) is 0 Å². The molecule has 1 heterocycles. The fourth-order valence-electron chi connectivity index (χ4n) is 2.49. The first-order valence-corrected chi connectivity index (χ1v) is 9.51. The van der Waals surface area contributed by atoms with Crippen LogP contribution in [0.15, 0.2) is 59.8 Å². The minimum absolute atomic E-state index is 0.00281. The Morgan fingerprint density at radius 3 is 2.58 bits per heavy atom. The molecule has 0 radical (unpaired) electrons. The summed E-state index contributed by atoms with van der Waals surface area (Å²) in [7, 11) is 0. The first-order valence-electron chi connectivity index (χ1n) is 8.63. The van der Waals surface area contributed by atoms with Gasteiger partial charge in [-0.05, 0) is 18.9 Å². The maximum Gasteiger partial charge on any atom is 0.233 e. The fraction of sp³-hybridized carbons (Fsp3) is 0.250. The predicted molar refractivity (Wildman–Crippen MR) is 105 cm³/mol. The van der Waals surface area contributed by atoms with Crippen LogP contribution in [0.2, 0.25) is 0 Å². The van der Waals surface area contributed by atoms with Gasteiger partial charge < -0.3 is 5.32 Å². The SMILES string of the molecule is CCC(Sc1n[nH]c(-c2ccc(C)cc2)n1)C(=O)NCc1ccccc1. The molecule has 2 aromatic carbocycles. The number of rotatable bonds is 7. The molecular weight excluding hydrogens is 344 g/mol. The molecule has 0 saturated heterocycles. The molecule has 1 unspecified atom stereocenters. The number of hydrogen-bond donors (Lipinski definition) is 2. The average Bonchev–Trinajstić information content (AvgIpc) is 3.14. The number of amides is 1. The van der Waals surface area contributed by atoms with Crippen molar-refractivity contribution in [1.82, 2.24) is 20.5 Å². The van der Waals surface area contributed by atoms with Crippen LogP contribution in [0.5, 0.6) is 0 Å². The Labute approximate surface area is 157 Å². The van der Waals surface area contributed by atoms with Crippen molar-refractivity contribution in [3.05, 3.63) is 65.7 Å². The van der Waals surface area contributed by atoms with E-state index in [4.69, 9.17) is 0 Å². The van der Waals surface area contributed by atoms with Crippen molar-refractivity contribution in [3.8, 4) is 11.4 Å². The van der Waals surface area contributed by atoms with E-state index in [-0.39, 0.29) is 11.2 Å². The summed E-state index contributed by atoms with van der Waals surface area (Å²) >= 11 is 1.39. The summed E-state index contributed by atoms with van der Waals surface area (Å²) in [5, 5.41) is 10.6. The van der Waals surface area contributed by atoms with Crippen LogP contribution < -0.4 is 5.32 Å². The van der Waals surface area contributed by atoms with Gasteiger partial charge in [0.05, 0.1) is 5.25 Å². The van der Waals surface area contributed by atoms with Gasteiger partial charge in [-0.15, -0.1) is 5.10 Å². The first-order chi connectivity index (χ1) is 12.7. The molecule has 3 rings (SSSR count). The van der Waals surface area contributed by atoms with E-state index in [0.29, 0.717) is 23.9 Å². The Bertz CT molecular complexity index is 846. The molecule has 0 fully saturated rings. The summed E-state index contributed by atoms with van der Waals surface area (Å²) in [5.74, 6) is 0.718. The molecule has 0 aliphatic carbocycles. The molecule has 1 aromatic heterocycles. The lowest BCUT2D eigenvalue weighted by Gasteiger charge is -2.12. The number of carbonyl (C=O) groups excluding carboxylic acids is 1. The number of benzene rings is 2. The Balaban J connectivity index is 1.61. The summed E-state index contributed by atoms with van der Waals surface area (Å²) < 4.78 is 0. The van der Waals surface area contributed by atoms with Gasteiger partial charge in [0, 0.05) is 12.1 Å². The summed E-state index contributed by atoms with van der Waals surface area (Å²) in [6.07, 6.45) is 0.708. The second-order valence-corrected chi connectivity index (χ2v) is 7.22. The van der Waals surface area contributed by atoms with Crippen LogP contribution in [-0.2, 0) is 11.3 Å². The van der Waals surface area contributed by atoms with E-state index in [0.717, 1.165) is 11.1 Å². The molecule has 0 aliphatic heterocycles. The van der Waals surface area contributed by atoms with Gasteiger partial charge >= 0.3 is 0 Å². The quantitative estimate of drug-likeness (QED) is 0.621. The number of aromatic amines is 1. The van der Waals surface area contributed by atoms with E-state index in [1.165, 1.54) is 17.3 Å². The first kappa shape index (κ1) is 18.2. The number of hydrogen-bond acceptors (Lipinski definition) is 4. The Morgan fingerprint density at radius 2 is 1.88 bits per heavy atom. The maximum absolute atomic E-state index is 12.5. The Morgan fingerprint density at radius 1 is 1.15 bits per heavy atom. The highest BCUT2D eigenvalue weighted by atomic mass is 32.2. The number of thioether (sulfide) groups is 1. The standard InChI is InChI=1S/C20H22N4OS/c1-3-17(19(25)21-13-15-7-5-4-6-8-15)26-20-22-18(23-24-20)16-11-9-14(2)10-12-16/h4-12,17H,3,13H2,1-2H3,(H,21,25)(H,22,23,24). The lowest BCUT2D eigenvalue weighted by atomic mass is 10.1. The van der Waals surface area contributed by atoms with E-state index in [1.807, 2.05) is 68.4 Å². The largest absolute Gasteiger partial charge is 0.351 e. The molecule has 0 aliphatic rings. The molecule has 3 aromatic rings. The van der Waals surface area contributed by atoms with Crippen LogP contribution in [0.1, 0.15) is 24.5 Å². The minimum Gasteiger partial charge on any atom is -0.351 e. The number of carbonyl (C=O) groups is 1. The molecule has 0 saturated carbocycles. The molecule has 1 atom stereocenters. The van der Waals surface area contributed by atoms with Crippen molar-refractivity contribution in [1.29, 1.82) is 0 Å². The third-order valence-electron chi connectivity index (χ3n) is 4.01. The molecule has 26 heavy (non-hydrogen) atoms. The molecule has 6 heteroatoms. The molecule has 134 valence electrons. The van der Waals surface area contributed by atoms with Gasteiger partial charge in [-0.2, -0.15) is 0 Å². The normalized spacial score (nSPS) is 11.9. The number of aromatic nitrogens is 3. The van der Waals surface area contributed by atoms with Gasteiger partial charge in [-0.3, -0.25) is 9.89 Å². The number of H-pyrrole nitrogens is 1. The van der Waals surface area contributed by atoms with Gasteiger partial charge in [0.25, 0.3) is 0 Å². The van der Waals surface area contributed by atoms with Gasteiger partial charge in [0.15, 0.2) is 5.82 Å². The van der Waals surface area contributed by atoms with Gasteiger partial charge in [-0.1, -0.05) is 78.8 Å². The molecule has 0 bridgehead atoms. The summed E-state index contributed by atoms with van der Waals surface area (Å²) in [5.41, 5.74) is 3.26. The Kier molecular flexibility index (Phi) is 6.07. The van der Waals surface area contributed by atoms with Crippen LogP contribution in [0.4, 0.5) is 0 Å². The maximum atomic E-state index is 12.5. The van der Waals surface area contributed by atoms with Crippen molar-refractivity contribution < 1.29 is 4.79 Å². The summed E-state index contributed by atoms with van der Waals surface area (Å²) in [4.78, 5) is 17.0. The lowest BCUT2D eigenvalue weighted by Crippen LogP contribution is -2.31. The number of aryl methyl sites for hydroxylation is 1. The van der Waals surface area contributed by atoms with Gasteiger partial charge in [-0.25, -0.2) is 4.98 Å². The average molecular weight is 366 g/mol. The van der Waals surface area contributed by atoms with E-state index >= 15 is 0 Å². The van der Waals surface area contributed by atoms with Crippen LogP contribution >= 0.6 is 11.8 Å². The second kappa shape index (κ2) is 8.67. The zero-order chi connectivity index (χ0) is 18.4. The van der Waals surface area contributed by atoms with Crippen LogP contribution in [0, 0.1) is 6.92 Å². The molecule has 2 N–H and O–H groups in total. The highest BCUT2D eigenvalue weighted by Crippen LogP contribution is 2.25. The fourth-order valence-corrected chi connectivity index (χ4v) is 3.34. The van der Waals surface area contributed by atoms with E-state index < -0.39 is 0 Å². The monoisotopic (exact) mass is 366 g/mol. The number of nitrogens with one attached hydrogen (secondary N) is 2. The highest BCUT2D eigenvalue weighted by Gasteiger charge is 2.20. The topological polar surface area (TPSA) is 70.7 Å². The van der Waals surface area contributed by atoms with E-state index in [2.05, 4.69) is 20.5 Å². The van der Waals surface area contributed by atoms with Crippen LogP contribution in [-0.4, -0.2) is 26.3 Å². The zero-order valence-electron chi connectivity index (χ0n) is 14.9. The van der Waals surface area contributed by atoms with Crippen molar-refractivity contribution in [2.45, 2.75) is 37.2 Å². The highest BCUT2D eigenvalue weighted by molar-refractivity contribution is 8.00. The molecule has 0 spiro atoms. The van der Waals surface area contributed by atoms with Crippen LogP contribution in [0.25, 0.3) is 11.4 Å². The second-order valence-electron chi connectivity index (χ2n) is 6.05. The van der Waals surface area contributed by atoms with E-state index in [1.54, 1.807) is 0 Å². The van der Waals surface area contributed by atoms with Crippen molar-refractivity contribution in [3.63, 3.8) is 0 Å². The smallest absolute Gasteiger partial charge is 0.233 e. The minimum atomic E-state index is -0.222. The third kappa shape index (κ3) is 4.73. The van der Waals surface area contributed by atoms with Gasteiger partial charge in [0.2, 0.25) is 11.1 Å². The van der Waals surface area contributed by atoms with Crippen LogP contribution in [0.3, 0.4) is 0 Å². The van der Waals surface area contributed by atoms with Crippen molar-refractivity contribution in [2.75, 3.05) is 0 Å². The molecular formula is C20H22N4OS. The molecule has 1 amide bonds. The number of nitrogens with zero attached hydrogens (tertiary/aromatic N) is 2. The molecule has 5 nitrogen and oxygen atoms in total. The Hall–Kier alpha value is -2.60. The summed E-state index contributed by atoms with van der Waals surface area (Å²) in [6, 6.07) is 18.0. The predicted octanol–water partition coefficient (Wildman–Crippen LogP) is 3.97. The van der Waals surface area contributed by atoms with E-state index in [9.17, 15) is 4.79 Å². The lowest BCUT2D eigenvalue weighted by molar-refractivity contribution is -0.120. The van der Waals surface area contributed by atoms with Crippen molar-refractivity contribution >= 4 is 17.7 Å². The van der Waals surface area contributed by atoms with Gasteiger partial charge in [0.1, 0.15) is 0 Å². The third-order valence-corrected chi connectivity index (χ3v) is 5.24.